The summed E-state index contributed by atoms with van der Waals surface area (Å²) < 4.78 is 0. The molecule has 0 saturated heterocycles. The average Bonchev–Trinajstić information content (AvgIpc) is 3.26. The molecule has 0 unspecified atom stereocenters. The van der Waals surface area contributed by atoms with Crippen molar-refractivity contribution < 1.29 is 0 Å². The first-order valence-corrected chi connectivity index (χ1v) is 18.3. The topological polar surface area (TPSA) is 38.7 Å². The van der Waals surface area contributed by atoms with Crippen LogP contribution in [0, 0.1) is 0 Å². The standard InChI is InChI=1S/C51H33N3/c1-4-15-36(16-5-1)46-33-47(54-51(53-46)39-19-8-3-9-20-39)37-28-26-34(27-29-37)40-30-31-44-48(32-40)52-50(38-17-6-2-7-18-38)45-25-13-24-43(49(44)45)42-23-12-21-35-14-10-11-22-41(35)42/h1-33H. The third-order valence-electron chi connectivity index (χ3n) is 10.3. The van der Waals surface area contributed by atoms with Gasteiger partial charge in [-0.05, 0) is 45.2 Å². The van der Waals surface area contributed by atoms with Gasteiger partial charge in [0, 0.05) is 38.4 Å². The van der Waals surface area contributed by atoms with Gasteiger partial charge in [0.2, 0.25) is 0 Å². The van der Waals surface area contributed by atoms with E-state index in [-0.39, 0.29) is 0 Å². The maximum Gasteiger partial charge on any atom is 0.160 e. The van der Waals surface area contributed by atoms with Crippen LogP contribution < -0.4 is 0 Å². The normalized spacial score (nSPS) is 11.3. The van der Waals surface area contributed by atoms with Gasteiger partial charge < -0.3 is 0 Å². The molecule has 0 amide bonds. The third kappa shape index (κ3) is 5.69. The number of nitrogens with zero attached hydrogens (tertiary/aromatic N) is 3. The molecule has 0 fully saturated rings. The number of aromatic nitrogens is 3. The van der Waals surface area contributed by atoms with Crippen LogP contribution in [0.3, 0.4) is 0 Å². The van der Waals surface area contributed by atoms with Crippen LogP contribution in [0.1, 0.15) is 0 Å². The zero-order valence-electron chi connectivity index (χ0n) is 29.4. The lowest BCUT2D eigenvalue weighted by molar-refractivity contribution is 1.18. The molecule has 0 saturated carbocycles. The van der Waals surface area contributed by atoms with Gasteiger partial charge in [0.15, 0.2) is 5.82 Å². The first-order valence-electron chi connectivity index (χ1n) is 18.3. The smallest absolute Gasteiger partial charge is 0.160 e. The molecule has 0 aliphatic rings. The van der Waals surface area contributed by atoms with E-state index in [1.807, 2.05) is 36.4 Å². The SMILES string of the molecule is c1ccc(-c2cc(-c3ccc(-c4ccc5c(c4)nc(-c4ccccc4)c4cccc(-c6cccc7ccccc67)c45)cc3)nc(-c3ccccc3)n2)cc1. The molecular formula is C51H33N3. The highest BCUT2D eigenvalue weighted by Gasteiger charge is 2.17. The second-order valence-corrected chi connectivity index (χ2v) is 13.6. The van der Waals surface area contributed by atoms with Crippen LogP contribution in [-0.4, -0.2) is 15.0 Å². The summed E-state index contributed by atoms with van der Waals surface area (Å²) in [5.74, 6) is 0.709. The minimum Gasteiger partial charge on any atom is -0.247 e. The summed E-state index contributed by atoms with van der Waals surface area (Å²) in [6.45, 7) is 0. The fourth-order valence-corrected chi connectivity index (χ4v) is 7.64. The Labute approximate surface area is 313 Å². The lowest BCUT2D eigenvalue weighted by Gasteiger charge is -2.16. The van der Waals surface area contributed by atoms with E-state index in [0.29, 0.717) is 5.82 Å². The molecule has 0 radical (unpaired) electrons. The van der Waals surface area contributed by atoms with Gasteiger partial charge in [0.05, 0.1) is 22.6 Å². The molecular weight excluding hydrogens is 655 g/mol. The quantitative estimate of drug-likeness (QED) is 0.163. The van der Waals surface area contributed by atoms with Gasteiger partial charge >= 0.3 is 0 Å². The van der Waals surface area contributed by atoms with E-state index in [1.54, 1.807) is 0 Å². The zero-order chi connectivity index (χ0) is 35.8. The molecule has 8 aromatic carbocycles. The Morgan fingerprint density at radius 3 is 1.57 bits per heavy atom. The summed E-state index contributed by atoms with van der Waals surface area (Å²) in [6.07, 6.45) is 0. The van der Waals surface area contributed by atoms with Crippen molar-refractivity contribution >= 4 is 32.4 Å². The van der Waals surface area contributed by atoms with E-state index < -0.39 is 0 Å². The van der Waals surface area contributed by atoms with Gasteiger partial charge in [0.1, 0.15) is 0 Å². The first-order chi connectivity index (χ1) is 26.8. The summed E-state index contributed by atoms with van der Waals surface area (Å²) in [5, 5.41) is 5.97. The lowest BCUT2D eigenvalue weighted by Crippen LogP contribution is -1.96. The van der Waals surface area contributed by atoms with E-state index in [4.69, 9.17) is 15.0 Å². The Kier molecular flexibility index (Phi) is 7.81. The van der Waals surface area contributed by atoms with Crippen molar-refractivity contribution in [1.82, 2.24) is 15.0 Å². The molecule has 0 bridgehead atoms. The fraction of sp³-hybridized carbons (Fsp3) is 0. The molecule has 54 heavy (non-hydrogen) atoms. The molecule has 0 atom stereocenters. The van der Waals surface area contributed by atoms with Crippen molar-refractivity contribution in [3.05, 3.63) is 200 Å². The summed E-state index contributed by atoms with van der Waals surface area (Å²) >= 11 is 0. The van der Waals surface area contributed by atoms with E-state index in [2.05, 4.69) is 164 Å². The highest BCUT2D eigenvalue weighted by atomic mass is 14.9. The van der Waals surface area contributed by atoms with E-state index in [0.717, 1.165) is 66.8 Å². The molecule has 0 aliphatic carbocycles. The Hall–Kier alpha value is -7.23. The molecule has 0 aliphatic heterocycles. The number of rotatable bonds is 6. The van der Waals surface area contributed by atoms with Crippen molar-refractivity contribution in [3.63, 3.8) is 0 Å². The van der Waals surface area contributed by atoms with Crippen LogP contribution in [-0.2, 0) is 0 Å². The zero-order valence-corrected chi connectivity index (χ0v) is 29.4. The van der Waals surface area contributed by atoms with Crippen LogP contribution in [0.25, 0.3) is 99.9 Å². The van der Waals surface area contributed by atoms with Gasteiger partial charge in [-0.2, -0.15) is 0 Å². The van der Waals surface area contributed by atoms with Crippen LogP contribution in [0.4, 0.5) is 0 Å². The Morgan fingerprint density at radius 2 is 0.833 bits per heavy atom. The van der Waals surface area contributed by atoms with E-state index >= 15 is 0 Å². The summed E-state index contributed by atoms with van der Waals surface area (Å²) in [5.41, 5.74) is 12.6. The van der Waals surface area contributed by atoms with Crippen LogP contribution in [0.15, 0.2) is 200 Å². The number of benzene rings is 8. The average molecular weight is 688 g/mol. The van der Waals surface area contributed by atoms with Gasteiger partial charge in [-0.1, -0.05) is 188 Å². The highest BCUT2D eigenvalue weighted by Crippen LogP contribution is 2.41. The summed E-state index contributed by atoms with van der Waals surface area (Å²) in [6, 6.07) is 70.4. The van der Waals surface area contributed by atoms with E-state index in [9.17, 15) is 0 Å². The number of hydrogen-bond acceptors (Lipinski definition) is 3. The molecule has 3 heteroatoms. The Bertz CT molecular complexity index is 2890. The Morgan fingerprint density at radius 1 is 0.296 bits per heavy atom. The highest BCUT2D eigenvalue weighted by molar-refractivity contribution is 6.19. The largest absolute Gasteiger partial charge is 0.247 e. The molecule has 10 aromatic rings. The van der Waals surface area contributed by atoms with Crippen molar-refractivity contribution in [2.75, 3.05) is 0 Å². The van der Waals surface area contributed by atoms with Gasteiger partial charge in [0.25, 0.3) is 0 Å². The Balaban J connectivity index is 1.11. The molecule has 10 rings (SSSR count). The molecule has 0 N–H and O–H groups in total. The minimum atomic E-state index is 0.709. The summed E-state index contributed by atoms with van der Waals surface area (Å²) in [7, 11) is 0. The van der Waals surface area contributed by atoms with Crippen LogP contribution in [0.5, 0.6) is 0 Å². The number of pyridine rings is 1. The number of fused-ring (bicyclic) bond motifs is 4. The third-order valence-corrected chi connectivity index (χ3v) is 10.3. The first kappa shape index (κ1) is 31.5. The molecule has 0 spiro atoms. The predicted octanol–water partition coefficient (Wildman–Crippen LogP) is 13.3. The summed E-state index contributed by atoms with van der Waals surface area (Å²) in [4.78, 5) is 15.4. The van der Waals surface area contributed by atoms with Gasteiger partial charge in [-0.3, -0.25) is 0 Å². The molecule has 3 nitrogen and oxygen atoms in total. The maximum absolute atomic E-state index is 5.38. The fourth-order valence-electron chi connectivity index (χ4n) is 7.64. The van der Waals surface area contributed by atoms with Crippen LogP contribution in [0.2, 0.25) is 0 Å². The predicted molar refractivity (Wildman–Crippen MR) is 225 cm³/mol. The molecule has 2 heterocycles. The van der Waals surface area contributed by atoms with Gasteiger partial charge in [-0.15, -0.1) is 0 Å². The van der Waals surface area contributed by atoms with Crippen LogP contribution >= 0.6 is 0 Å². The van der Waals surface area contributed by atoms with Crippen molar-refractivity contribution in [3.8, 4) is 67.4 Å². The van der Waals surface area contributed by atoms with Crippen molar-refractivity contribution in [1.29, 1.82) is 0 Å². The monoisotopic (exact) mass is 687 g/mol. The van der Waals surface area contributed by atoms with Gasteiger partial charge in [-0.25, -0.2) is 15.0 Å². The molecule has 2 aromatic heterocycles. The number of hydrogen-bond donors (Lipinski definition) is 0. The van der Waals surface area contributed by atoms with E-state index in [1.165, 1.54) is 27.3 Å². The van der Waals surface area contributed by atoms with Crippen molar-refractivity contribution in [2.45, 2.75) is 0 Å². The van der Waals surface area contributed by atoms with Crippen molar-refractivity contribution in [2.24, 2.45) is 0 Å². The lowest BCUT2D eigenvalue weighted by atomic mass is 9.90. The second-order valence-electron chi connectivity index (χ2n) is 13.6. The molecule has 252 valence electrons. The second kappa shape index (κ2) is 13.4. The maximum atomic E-state index is 5.38. The minimum absolute atomic E-state index is 0.709.